The second-order valence-electron chi connectivity index (χ2n) is 6.37. The minimum absolute atomic E-state index is 0.0543. The Morgan fingerprint density at radius 1 is 0.714 bits per heavy atom. The first-order chi connectivity index (χ1) is 13.4. The Balaban J connectivity index is 2.10. The molecule has 1 aliphatic carbocycles. The lowest BCUT2D eigenvalue weighted by atomic mass is 9.81. The van der Waals surface area contributed by atoms with Crippen molar-refractivity contribution in [2.24, 2.45) is 0 Å². The number of hydrogen-bond donors (Lipinski definition) is 0. The topological polar surface area (TPSA) is 86.7 Å². The lowest BCUT2D eigenvalue weighted by Gasteiger charge is -2.21. The quantitative estimate of drug-likeness (QED) is 0.394. The fourth-order valence-electron chi connectivity index (χ4n) is 3.47. The molecule has 0 saturated carbocycles. The number of ether oxygens (including phenoxy) is 2. The van der Waals surface area contributed by atoms with Gasteiger partial charge in [-0.3, -0.25) is 19.2 Å². The molecular weight excluding hydrogens is 360 g/mol. The maximum absolute atomic E-state index is 13.2. The molecule has 0 N–H and O–H groups in total. The van der Waals surface area contributed by atoms with Crippen LogP contribution in [0.1, 0.15) is 45.7 Å². The van der Waals surface area contributed by atoms with Crippen molar-refractivity contribution in [3.05, 3.63) is 70.8 Å². The van der Waals surface area contributed by atoms with E-state index in [0.717, 1.165) is 0 Å². The number of carbonyl (C=O) groups excluding carboxylic acids is 4. The first kappa shape index (κ1) is 17.6. The van der Waals surface area contributed by atoms with E-state index in [1.165, 1.54) is 26.0 Å². The summed E-state index contributed by atoms with van der Waals surface area (Å²) in [6.45, 7) is 2.47. The molecule has 138 valence electrons. The van der Waals surface area contributed by atoms with Crippen LogP contribution in [0.25, 0.3) is 10.8 Å². The van der Waals surface area contributed by atoms with E-state index in [-0.39, 0.29) is 39.6 Å². The lowest BCUT2D eigenvalue weighted by Crippen LogP contribution is -2.21. The summed E-state index contributed by atoms with van der Waals surface area (Å²) in [5.41, 5.74) is 0.944. The Bertz CT molecular complexity index is 1210. The number of benzene rings is 3. The van der Waals surface area contributed by atoms with E-state index < -0.39 is 11.9 Å². The van der Waals surface area contributed by atoms with Crippen LogP contribution in [0.4, 0.5) is 0 Å². The van der Waals surface area contributed by atoms with Crippen LogP contribution < -0.4 is 9.47 Å². The van der Waals surface area contributed by atoms with Crippen molar-refractivity contribution >= 4 is 34.3 Å². The van der Waals surface area contributed by atoms with Gasteiger partial charge >= 0.3 is 11.9 Å². The zero-order valence-electron chi connectivity index (χ0n) is 15.1. The van der Waals surface area contributed by atoms with Crippen molar-refractivity contribution in [1.82, 2.24) is 0 Å². The van der Waals surface area contributed by atoms with Gasteiger partial charge in [-0.2, -0.15) is 0 Å². The highest BCUT2D eigenvalue weighted by Crippen LogP contribution is 2.41. The maximum Gasteiger partial charge on any atom is 0.308 e. The molecule has 0 unspecified atom stereocenters. The third kappa shape index (κ3) is 2.66. The maximum atomic E-state index is 13.2. The van der Waals surface area contributed by atoms with E-state index in [1.807, 2.05) is 0 Å². The summed E-state index contributed by atoms with van der Waals surface area (Å²) >= 11 is 0. The molecule has 6 heteroatoms. The minimum atomic E-state index is -0.603. The van der Waals surface area contributed by atoms with Gasteiger partial charge in [-0.25, -0.2) is 0 Å². The van der Waals surface area contributed by atoms with Crippen LogP contribution >= 0.6 is 0 Å². The molecule has 3 aromatic rings. The van der Waals surface area contributed by atoms with Crippen molar-refractivity contribution in [3.63, 3.8) is 0 Å². The van der Waals surface area contributed by atoms with Crippen molar-refractivity contribution in [3.8, 4) is 11.5 Å². The second-order valence-corrected chi connectivity index (χ2v) is 6.37. The Morgan fingerprint density at radius 2 is 1.32 bits per heavy atom. The highest BCUT2D eigenvalue weighted by atomic mass is 16.5. The Labute approximate surface area is 159 Å². The number of rotatable bonds is 2. The molecule has 0 bridgehead atoms. The van der Waals surface area contributed by atoms with Gasteiger partial charge in [-0.05, 0) is 12.1 Å². The van der Waals surface area contributed by atoms with Gasteiger partial charge < -0.3 is 9.47 Å². The Hall–Kier alpha value is -3.80. The van der Waals surface area contributed by atoms with Gasteiger partial charge in [0.1, 0.15) is 11.5 Å². The fourth-order valence-corrected chi connectivity index (χ4v) is 3.47. The first-order valence-corrected chi connectivity index (χ1v) is 8.53. The molecule has 28 heavy (non-hydrogen) atoms. The van der Waals surface area contributed by atoms with E-state index >= 15 is 0 Å². The summed E-state index contributed by atoms with van der Waals surface area (Å²) < 4.78 is 10.5. The molecule has 3 aromatic carbocycles. The van der Waals surface area contributed by atoms with Crippen molar-refractivity contribution < 1.29 is 28.7 Å². The van der Waals surface area contributed by atoms with Gasteiger partial charge in [-0.1, -0.05) is 36.4 Å². The molecule has 0 atom stereocenters. The Kier molecular flexibility index (Phi) is 4.04. The van der Waals surface area contributed by atoms with E-state index in [4.69, 9.17) is 9.47 Å². The summed E-state index contributed by atoms with van der Waals surface area (Å²) in [6, 6.07) is 12.7. The number of carbonyl (C=O) groups is 4. The van der Waals surface area contributed by atoms with E-state index in [0.29, 0.717) is 16.5 Å². The lowest BCUT2D eigenvalue weighted by molar-refractivity contribution is -0.132. The first-order valence-electron chi connectivity index (χ1n) is 8.53. The highest BCUT2D eigenvalue weighted by molar-refractivity contribution is 6.33. The van der Waals surface area contributed by atoms with Gasteiger partial charge in [0.05, 0.1) is 5.39 Å². The molecule has 0 spiro atoms. The summed E-state index contributed by atoms with van der Waals surface area (Å²) in [5.74, 6) is -1.62. The molecule has 0 amide bonds. The van der Waals surface area contributed by atoms with Crippen LogP contribution in [-0.4, -0.2) is 23.5 Å². The van der Waals surface area contributed by atoms with E-state index in [9.17, 15) is 19.2 Å². The van der Waals surface area contributed by atoms with E-state index in [1.54, 1.807) is 36.4 Å². The zero-order valence-corrected chi connectivity index (χ0v) is 15.1. The molecule has 0 aliphatic heterocycles. The molecule has 4 rings (SSSR count). The SMILES string of the molecule is CC(=O)Oc1cccc2c3c(cc(OC(C)=O)c12)C(=O)c1ccccc1C3=O. The second kappa shape index (κ2) is 6.42. The predicted molar refractivity (Wildman–Crippen MR) is 99.9 cm³/mol. The molecular formula is C22H14O6. The van der Waals surface area contributed by atoms with Gasteiger partial charge in [-0.15, -0.1) is 0 Å². The summed E-state index contributed by atoms with van der Waals surface area (Å²) in [6.07, 6.45) is 0. The third-order valence-corrected chi connectivity index (χ3v) is 4.48. The van der Waals surface area contributed by atoms with Crippen molar-refractivity contribution in [1.29, 1.82) is 0 Å². The highest BCUT2D eigenvalue weighted by Gasteiger charge is 2.33. The molecule has 6 nitrogen and oxygen atoms in total. The molecule has 0 saturated heterocycles. The monoisotopic (exact) mass is 374 g/mol. The standard InChI is InChI=1S/C22H14O6/c1-11(23)27-17-9-5-8-15-19-16(10-18(20(15)17)28-12(2)24)21(25)13-6-3-4-7-14(13)22(19)26/h3-10H,1-2H3. The fraction of sp³-hybridized carbons (Fsp3) is 0.0909. The molecule has 0 radical (unpaired) electrons. The van der Waals surface area contributed by atoms with Crippen LogP contribution in [0, 0.1) is 0 Å². The zero-order chi connectivity index (χ0) is 20.0. The van der Waals surface area contributed by atoms with Crippen LogP contribution in [0.15, 0.2) is 48.5 Å². The molecule has 0 aromatic heterocycles. The van der Waals surface area contributed by atoms with Crippen LogP contribution in [0.5, 0.6) is 11.5 Å². The summed E-state index contributed by atoms with van der Waals surface area (Å²) in [5, 5.41) is 0.660. The molecule has 0 fully saturated rings. The number of esters is 2. The van der Waals surface area contributed by atoms with Gasteiger partial charge in [0.25, 0.3) is 0 Å². The largest absolute Gasteiger partial charge is 0.426 e. The average Bonchev–Trinajstić information content (AvgIpc) is 2.65. The smallest absolute Gasteiger partial charge is 0.308 e. The minimum Gasteiger partial charge on any atom is -0.426 e. The van der Waals surface area contributed by atoms with Gasteiger partial charge in [0, 0.05) is 41.5 Å². The van der Waals surface area contributed by atoms with Crippen molar-refractivity contribution in [2.75, 3.05) is 0 Å². The van der Waals surface area contributed by atoms with Crippen LogP contribution in [-0.2, 0) is 9.59 Å². The van der Waals surface area contributed by atoms with Crippen LogP contribution in [0.3, 0.4) is 0 Å². The average molecular weight is 374 g/mol. The number of fused-ring (bicyclic) bond motifs is 4. The Morgan fingerprint density at radius 3 is 1.96 bits per heavy atom. The molecule has 1 aliphatic rings. The van der Waals surface area contributed by atoms with Gasteiger partial charge in [0.2, 0.25) is 0 Å². The van der Waals surface area contributed by atoms with E-state index in [2.05, 4.69) is 0 Å². The van der Waals surface area contributed by atoms with Crippen LogP contribution in [0.2, 0.25) is 0 Å². The normalized spacial score (nSPS) is 12.4. The number of hydrogen-bond acceptors (Lipinski definition) is 6. The van der Waals surface area contributed by atoms with Gasteiger partial charge in [0.15, 0.2) is 11.6 Å². The predicted octanol–water partition coefficient (Wildman–Crippen LogP) is 3.47. The number of ketones is 2. The summed E-state index contributed by atoms with van der Waals surface area (Å²) in [4.78, 5) is 49.3. The molecule has 0 heterocycles. The van der Waals surface area contributed by atoms with Crippen molar-refractivity contribution in [2.45, 2.75) is 13.8 Å². The summed E-state index contributed by atoms with van der Waals surface area (Å²) in [7, 11) is 0. The third-order valence-electron chi connectivity index (χ3n) is 4.48.